The number of nitrogens with zero attached hydrogens (tertiary/aromatic N) is 2. The number of halogens is 2. The molecule has 1 heterocycles. The fraction of sp³-hybridized carbons (Fsp3) is 0.300. The summed E-state index contributed by atoms with van der Waals surface area (Å²) in [7, 11) is 1.13. The second kappa shape index (κ2) is 5.21. The molecule has 1 aromatic rings. The lowest BCUT2D eigenvalue weighted by atomic mass is 10.1. The number of hydrogen-bond acceptors (Lipinski definition) is 5. The summed E-state index contributed by atoms with van der Waals surface area (Å²) >= 11 is 0. The summed E-state index contributed by atoms with van der Waals surface area (Å²) in [6, 6.07) is 2.51. The third-order valence-electron chi connectivity index (χ3n) is 1.98. The summed E-state index contributed by atoms with van der Waals surface area (Å²) in [6.45, 7) is 0. The fourth-order valence-electron chi connectivity index (χ4n) is 1.16. The molecule has 0 fully saturated rings. The van der Waals surface area contributed by atoms with Gasteiger partial charge in [-0.2, -0.15) is 5.26 Å². The molecule has 7 heteroatoms. The normalized spacial score (nSPS) is 10.1. The monoisotopic (exact) mass is 242 g/mol. The Balaban J connectivity index is 3.23. The van der Waals surface area contributed by atoms with Crippen LogP contribution < -0.4 is 0 Å². The first kappa shape index (κ1) is 12.8. The van der Waals surface area contributed by atoms with Gasteiger partial charge < -0.3 is 9.84 Å². The van der Waals surface area contributed by atoms with E-state index in [9.17, 15) is 18.7 Å². The molecule has 0 saturated heterocycles. The highest BCUT2D eigenvalue weighted by Gasteiger charge is 2.20. The zero-order chi connectivity index (χ0) is 13.0. The summed E-state index contributed by atoms with van der Waals surface area (Å²) in [5.74, 6) is -1.48. The number of rotatable bonds is 3. The fourth-order valence-corrected chi connectivity index (χ4v) is 1.16. The minimum Gasteiger partial charge on any atom is -0.506 e. The van der Waals surface area contributed by atoms with Crippen LogP contribution in [0.4, 0.5) is 8.78 Å². The third kappa shape index (κ3) is 2.87. The molecular weight excluding hydrogens is 234 g/mol. The van der Waals surface area contributed by atoms with Gasteiger partial charge in [-0.15, -0.1) is 0 Å². The van der Waals surface area contributed by atoms with E-state index in [0.29, 0.717) is 0 Å². The zero-order valence-electron chi connectivity index (χ0n) is 8.78. The lowest BCUT2D eigenvalue weighted by molar-refractivity contribution is -0.139. The van der Waals surface area contributed by atoms with Gasteiger partial charge in [-0.25, -0.2) is 13.8 Å². The molecule has 0 aliphatic carbocycles. The van der Waals surface area contributed by atoms with Crippen molar-refractivity contribution in [3.8, 4) is 11.8 Å². The molecule has 5 nitrogen and oxygen atoms in total. The van der Waals surface area contributed by atoms with Gasteiger partial charge in [0.25, 0.3) is 6.43 Å². The molecule has 17 heavy (non-hydrogen) atoms. The average molecular weight is 242 g/mol. The van der Waals surface area contributed by atoms with Crippen LogP contribution in [0.2, 0.25) is 0 Å². The number of nitriles is 1. The van der Waals surface area contributed by atoms with Gasteiger partial charge in [-0.1, -0.05) is 0 Å². The van der Waals surface area contributed by atoms with Crippen LogP contribution in [0, 0.1) is 11.3 Å². The Hall–Kier alpha value is -2.23. The van der Waals surface area contributed by atoms with Crippen molar-refractivity contribution in [2.75, 3.05) is 7.11 Å². The average Bonchev–Trinajstić information content (AvgIpc) is 2.30. The van der Waals surface area contributed by atoms with Gasteiger partial charge in [0.15, 0.2) is 0 Å². The number of carbonyl (C=O) groups is 1. The molecule has 90 valence electrons. The molecule has 0 aliphatic heterocycles. The number of carbonyl (C=O) groups excluding carboxylic acids is 1. The molecule has 1 N–H and O–H groups in total. The van der Waals surface area contributed by atoms with E-state index in [1.165, 1.54) is 0 Å². The first-order valence-corrected chi connectivity index (χ1v) is 4.47. The minimum atomic E-state index is -2.99. The predicted octanol–water partition coefficient (Wildman–Crippen LogP) is 1.31. The van der Waals surface area contributed by atoms with Crippen molar-refractivity contribution in [1.29, 1.82) is 5.26 Å². The number of methoxy groups -OCH3 is 1. The second-order valence-corrected chi connectivity index (χ2v) is 3.05. The predicted molar refractivity (Wildman–Crippen MR) is 51.3 cm³/mol. The second-order valence-electron chi connectivity index (χ2n) is 3.05. The smallest absolute Gasteiger partial charge is 0.311 e. The van der Waals surface area contributed by atoms with E-state index < -0.39 is 30.3 Å². The van der Waals surface area contributed by atoms with E-state index in [1.54, 1.807) is 6.07 Å². The van der Waals surface area contributed by atoms with Crippen molar-refractivity contribution in [1.82, 2.24) is 4.98 Å². The molecule has 0 atom stereocenters. The third-order valence-corrected chi connectivity index (χ3v) is 1.98. The van der Waals surface area contributed by atoms with Crippen LogP contribution in [0.25, 0.3) is 0 Å². The van der Waals surface area contributed by atoms with Gasteiger partial charge >= 0.3 is 5.97 Å². The van der Waals surface area contributed by atoms with Crippen LogP contribution in [0.3, 0.4) is 0 Å². The number of aromatic hydroxyl groups is 1. The van der Waals surface area contributed by atoms with E-state index >= 15 is 0 Å². The van der Waals surface area contributed by atoms with Crippen LogP contribution >= 0.6 is 0 Å². The molecule has 0 radical (unpaired) electrons. The van der Waals surface area contributed by atoms with Crippen molar-refractivity contribution in [3.63, 3.8) is 0 Å². The van der Waals surface area contributed by atoms with Crippen LogP contribution in [0.5, 0.6) is 5.75 Å². The highest BCUT2D eigenvalue weighted by molar-refractivity contribution is 5.72. The number of pyridine rings is 1. The van der Waals surface area contributed by atoms with Crippen LogP contribution in [0.1, 0.15) is 23.4 Å². The van der Waals surface area contributed by atoms with Gasteiger partial charge in [-0.05, 0) is 0 Å². The Kier molecular flexibility index (Phi) is 3.93. The first-order valence-electron chi connectivity index (χ1n) is 4.47. The number of alkyl halides is 2. The van der Waals surface area contributed by atoms with Crippen molar-refractivity contribution >= 4 is 5.97 Å². The van der Waals surface area contributed by atoms with Gasteiger partial charge in [0.2, 0.25) is 0 Å². The largest absolute Gasteiger partial charge is 0.506 e. The van der Waals surface area contributed by atoms with E-state index in [0.717, 1.165) is 13.2 Å². The van der Waals surface area contributed by atoms with Gasteiger partial charge in [0.1, 0.15) is 17.5 Å². The maximum absolute atomic E-state index is 12.4. The summed E-state index contributed by atoms with van der Waals surface area (Å²) in [6.07, 6.45) is -3.39. The van der Waals surface area contributed by atoms with E-state index in [1.807, 2.05) is 0 Å². The molecule has 1 aromatic heterocycles. The molecule has 0 aromatic carbocycles. The van der Waals surface area contributed by atoms with Gasteiger partial charge in [0.05, 0.1) is 24.8 Å². The molecular formula is C10H8F2N2O3. The van der Waals surface area contributed by atoms with E-state index in [4.69, 9.17) is 5.26 Å². The molecule has 0 unspecified atom stereocenters. The van der Waals surface area contributed by atoms with Crippen molar-refractivity contribution in [3.05, 3.63) is 23.0 Å². The summed E-state index contributed by atoms with van der Waals surface area (Å²) in [4.78, 5) is 14.4. The van der Waals surface area contributed by atoms with Gasteiger partial charge in [-0.3, -0.25) is 4.79 Å². The molecule has 0 bridgehead atoms. The minimum absolute atomic E-state index is 0.141. The number of hydrogen-bond donors (Lipinski definition) is 1. The molecule has 0 saturated carbocycles. The van der Waals surface area contributed by atoms with E-state index in [-0.39, 0.29) is 11.3 Å². The van der Waals surface area contributed by atoms with Crippen molar-refractivity contribution < 1.29 is 23.4 Å². The van der Waals surface area contributed by atoms with Crippen LogP contribution in [-0.4, -0.2) is 23.2 Å². The maximum atomic E-state index is 12.4. The summed E-state index contributed by atoms with van der Waals surface area (Å²) in [5, 5.41) is 17.9. The molecule has 1 rings (SSSR count). The quantitative estimate of drug-likeness (QED) is 0.808. The first-order chi connectivity index (χ1) is 7.99. The number of aromatic nitrogens is 1. The molecule has 0 spiro atoms. The highest BCUT2D eigenvalue weighted by Crippen LogP contribution is 2.28. The highest BCUT2D eigenvalue weighted by atomic mass is 19.3. The standard InChI is InChI=1S/C10H8F2N2O3/c1-17-8(16)3-6-5(4-13)2-7(15)9(14-6)10(11)12/h2,10,15H,3H2,1H3. The lowest BCUT2D eigenvalue weighted by Gasteiger charge is -2.07. The topological polar surface area (TPSA) is 83.2 Å². The Morgan fingerprint density at radius 2 is 2.35 bits per heavy atom. The molecule has 0 amide bonds. The Morgan fingerprint density at radius 1 is 1.71 bits per heavy atom. The number of ether oxygens (including phenoxy) is 1. The van der Waals surface area contributed by atoms with E-state index in [2.05, 4.69) is 9.72 Å². The lowest BCUT2D eigenvalue weighted by Crippen LogP contribution is -2.09. The Morgan fingerprint density at radius 3 is 2.82 bits per heavy atom. The summed E-state index contributed by atoms with van der Waals surface area (Å²) in [5.41, 5.74) is -1.15. The zero-order valence-corrected chi connectivity index (χ0v) is 8.78. The maximum Gasteiger partial charge on any atom is 0.311 e. The van der Waals surface area contributed by atoms with Crippen LogP contribution in [-0.2, 0) is 16.0 Å². The molecule has 0 aliphatic rings. The van der Waals surface area contributed by atoms with Crippen LogP contribution in [0.15, 0.2) is 6.07 Å². The van der Waals surface area contributed by atoms with Crippen molar-refractivity contribution in [2.24, 2.45) is 0 Å². The van der Waals surface area contributed by atoms with Gasteiger partial charge in [0, 0.05) is 6.07 Å². The number of esters is 1. The van der Waals surface area contributed by atoms with Crippen molar-refractivity contribution in [2.45, 2.75) is 12.8 Å². The SMILES string of the molecule is COC(=O)Cc1nc(C(F)F)c(O)cc1C#N. The Labute approximate surface area is 95.3 Å². The summed E-state index contributed by atoms with van der Waals surface area (Å²) < 4.78 is 29.2. The Bertz CT molecular complexity index is 483.